The molecule has 0 aliphatic rings. The molecule has 0 saturated heterocycles. The van der Waals surface area contributed by atoms with Gasteiger partial charge in [0, 0.05) is 12.8 Å². The van der Waals surface area contributed by atoms with Gasteiger partial charge in [0.1, 0.15) is 0 Å². The summed E-state index contributed by atoms with van der Waals surface area (Å²) in [6, 6.07) is 7.44. The molecule has 0 fully saturated rings. The van der Waals surface area contributed by atoms with Crippen LogP contribution < -0.4 is 4.72 Å². The standard InChI is InChI=1S/C15H25NO4S/c1-15(2,3)13-5-7-14(8-6-13)16-21(17,18)12-11-20-10-9-19-4/h5-8,16H,9-12H2,1-4H3. The highest BCUT2D eigenvalue weighted by Crippen LogP contribution is 2.23. The lowest BCUT2D eigenvalue weighted by molar-refractivity contribution is 0.0785. The Kier molecular flexibility index (Phi) is 6.64. The van der Waals surface area contributed by atoms with Crippen LogP contribution in [0.25, 0.3) is 0 Å². The fourth-order valence-electron chi connectivity index (χ4n) is 1.68. The van der Waals surface area contributed by atoms with Crippen molar-refractivity contribution in [1.29, 1.82) is 0 Å². The summed E-state index contributed by atoms with van der Waals surface area (Å²) in [6.45, 7) is 7.35. The van der Waals surface area contributed by atoms with E-state index < -0.39 is 10.0 Å². The van der Waals surface area contributed by atoms with Crippen LogP contribution in [-0.4, -0.2) is 41.1 Å². The van der Waals surface area contributed by atoms with Crippen molar-refractivity contribution in [3.05, 3.63) is 29.8 Å². The van der Waals surface area contributed by atoms with Crippen LogP contribution in [0.15, 0.2) is 24.3 Å². The van der Waals surface area contributed by atoms with Gasteiger partial charge in [0.2, 0.25) is 10.0 Å². The molecule has 0 heterocycles. The largest absolute Gasteiger partial charge is 0.382 e. The van der Waals surface area contributed by atoms with E-state index in [9.17, 15) is 8.42 Å². The number of rotatable bonds is 8. The molecule has 0 unspecified atom stereocenters. The lowest BCUT2D eigenvalue weighted by Crippen LogP contribution is -2.21. The predicted molar refractivity (Wildman–Crippen MR) is 85.2 cm³/mol. The highest BCUT2D eigenvalue weighted by Gasteiger charge is 2.14. The Labute approximate surface area is 127 Å². The van der Waals surface area contributed by atoms with Crippen molar-refractivity contribution in [1.82, 2.24) is 0 Å². The van der Waals surface area contributed by atoms with Gasteiger partial charge in [0.15, 0.2) is 0 Å². The summed E-state index contributed by atoms with van der Waals surface area (Å²) in [4.78, 5) is 0. The maximum absolute atomic E-state index is 11.9. The van der Waals surface area contributed by atoms with Gasteiger partial charge >= 0.3 is 0 Å². The first-order chi connectivity index (χ1) is 9.74. The minimum absolute atomic E-state index is 0.0482. The molecule has 1 N–H and O–H groups in total. The van der Waals surface area contributed by atoms with Crippen molar-refractivity contribution in [2.45, 2.75) is 26.2 Å². The van der Waals surface area contributed by atoms with Crippen LogP contribution in [0.5, 0.6) is 0 Å². The number of methoxy groups -OCH3 is 1. The first-order valence-corrected chi connectivity index (χ1v) is 8.57. The van der Waals surface area contributed by atoms with Gasteiger partial charge in [-0.05, 0) is 23.1 Å². The molecule has 0 atom stereocenters. The third-order valence-corrected chi connectivity index (χ3v) is 4.20. The smallest absolute Gasteiger partial charge is 0.234 e. The summed E-state index contributed by atoms with van der Waals surface area (Å²) in [7, 11) is -1.81. The molecule has 0 saturated carbocycles. The summed E-state index contributed by atoms with van der Waals surface area (Å²) < 4.78 is 36.3. The SMILES string of the molecule is COCCOCCS(=O)(=O)Nc1ccc(C(C)(C)C)cc1. The van der Waals surface area contributed by atoms with Gasteiger partial charge in [-0.2, -0.15) is 0 Å². The number of hydrogen-bond acceptors (Lipinski definition) is 4. The van der Waals surface area contributed by atoms with Gasteiger partial charge < -0.3 is 9.47 Å². The van der Waals surface area contributed by atoms with Crippen LogP contribution in [0, 0.1) is 0 Å². The van der Waals surface area contributed by atoms with Gasteiger partial charge in [0.25, 0.3) is 0 Å². The van der Waals surface area contributed by atoms with E-state index in [-0.39, 0.29) is 17.8 Å². The second-order valence-corrected chi connectivity index (χ2v) is 7.70. The average molecular weight is 315 g/mol. The van der Waals surface area contributed by atoms with Crippen molar-refractivity contribution in [2.75, 3.05) is 37.4 Å². The molecule has 0 spiro atoms. The zero-order chi connectivity index (χ0) is 15.9. The molecule has 0 radical (unpaired) electrons. The van der Waals surface area contributed by atoms with Crippen molar-refractivity contribution in [3.63, 3.8) is 0 Å². The van der Waals surface area contributed by atoms with E-state index in [1.54, 1.807) is 19.2 Å². The number of ether oxygens (including phenoxy) is 2. The van der Waals surface area contributed by atoms with E-state index >= 15 is 0 Å². The molecular formula is C15H25NO4S. The summed E-state index contributed by atoms with van der Waals surface area (Å²) in [5.74, 6) is -0.0717. The highest BCUT2D eigenvalue weighted by molar-refractivity contribution is 7.92. The zero-order valence-corrected chi connectivity index (χ0v) is 14.0. The van der Waals surface area contributed by atoms with Gasteiger partial charge in [-0.3, -0.25) is 4.72 Å². The Bertz CT molecular complexity index is 518. The molecule has 0 aliphatic heterocycles. The maximum Gasteiger partial charge on any atom is 0.234 e. The third kappa shape index (κ3) is 6.93. The lowest BCUT2D eigenvalue weighted by atomic mass is 9.87. The average Bonchev–Trinajstić information content (AvgIpc) is 2.37. The summed E-state index contributed by atoms with van der Waals surface area (Å²) in [6.07, 6.45) is 0. The summed E-state index contributed by atoms with van der Waals surface area (Å²) >= 11 is 0. The Morgan fingerprint density at radius 3 is 2.19 bits per heavy atom. The molecule has 0 amide bonds. The zero-order valence-electron chi connectivity index (χ0n) is 13.2. The monoisotopic (exact) mass is 315 g/mol. The summed E-state index contributed by atoms with van der Waals surface area (Å²) in [5, 5.41) is 0. The molecule has 6 heteroatoms. The van der Waals surface area contributed by atoms with Crippen LogP contribution >= 0.6 is 0 Å². The van der Waals surface area contributed by atoms with Crippen LogP contribution in [0.3, 0.4) is 0 Å². The topological polar surface area (TPSA) is 64.6 Å². The van der Waals surface area contributed by atoms with Gasteiger partial charge in [-0.1, -0.05) is 32.9 Å². The predicted octanol–water partition coefficient (Wildman–Crippen LogP) is 2.39. The first-order valence-electron chi connectivity index (χ1n) is 6.92. The number of nitrogens with one attached hydrogen (secondary N) is 1. The molecule has 1 rings (SSSR count). The number of sulfonamides is 1. The third-order valence-electron chi connectivity index (χ3n) is 2.95. The second-order valence-electron chi connectivity index (χ2n) is 5.85. The van der Waals surface area contributed by atoms with E-state index in [0.29, 0.717) is 18.9 Å². The molecule has 1 aromatic carbocycles. The molecule has 0 aromatic heterocycles. The van der Waals surface area contributed by atoms with Gasteiger partial charge in [-0.25, -0.2) is 8.42 Å². The van der Waals surface area contributed by atoms with Gasteiger partial charge in [0.05, 0.1) is 25.6 Å². The van der Waals surface area contributed by atoms with Crippen molar-refractivity contribution in [3.8, 4) is 0 Å². The van der Waals surface area contributed by atoms with E-state index in [4.69, 9.17) is 9.47 Å². The Hall–Kier alpha value is -1.11. The molecule has 0 bridgehead atoms. The molecule has 5 nitrogen and oxygen atoms in total. The van der Waals surface area contributed by atoms with Crippen molar-refractivity contribution >= 4 is 15.7 Å². The number of hydrogen-bond donors (Lipinski definition) is 1. The fraction of sp³-hybridized carbons (Fsp3) is 0.600. The summed E-state index contributed by atoms with van der Waals surface area (Å²) in [5.41, 5.74) is 1.78. The van der Waals surface area contributed by atoms with Crippen molar-refractivity contribution in [2.24, 2.45) is 0 Å². The lowest BCUT2D eigenvalue weighted by Gasteiger charge is -2.19. The van der Waals surface area contributed by atoms with Crippen molar-refractivity contribution < 1.29 is 17.9 Å². The first kappa shape index (κ1) is 17.9. The van der Waals surface area contributed by atoms with Crippen LogP contribution in [-0.2, 0) is 24.9 Å². The highest BCUT2D eigenvalue weighted by atomic mass is 32.2. The number of benzene rings is 1. The Morgan fingerprint density at radius 1 is 1.05 bits per heavy atom. The molecule has 120 valence electrons. The minimum atomic E-state index is -3.39. The van der Waals surface area contributed by atoms with Crippen LogP contribution in [0.2, 0.25) is 0 Å². The quantitative estimate of drug-likeness (QED) is 0.748. The fourth-order valence-corrected chi connectivity index (χ4v) is 2.62. The van der Waals surface area contributed by atoms with E-state index in [1.165, 1.54) is 0 Å². The number of anilines is 1. The van der Waals surface area contributed by atoms with E-state index in [1.807, 2.05) is 12.1 Å². The minimum Gasteiger partial charge on any atom is -0.382 e. The maximum atomic E-state index is 11.9. The normalized spacial score (nSPS) is 12.4. The Morgan fingerprint density at radius 2 is 1.67 bits per heavy atom. The molecule has 1 aromatic rings. The van der Waals surface area contributed by atoms with Crippen LogP contribution in [0.4, 0.5) is 5.69 Å². The molecular weight excluding hydrogens is 290 g/mol. The van der Waals surface area contributed by atoms with E-state index in [2.05, 4.69) is 25.5 Å². The van der Waals surface area contributed by atoms with Crippen LogP contribution in [0.1, 0.15) is 26.3 Å². The van der Waals surface area contributed by atoms with Gasteiger partial charge in [-0.15, -0.1) is 0 Å². The Balaban J connectivity index is 2.51. The molecule has 21 heavy (non-hydrogen) atoms. The second kappa shape index (κ2) is 7.77. The molecule has 0 aliphatic carbocycles. The van der Waals surface area contributed by atoms with E-state index in [0.717, 1.165) is 5.56 Å².